The van der Waals surface area contributed by atoms with E-state index in [-0.39, 0.29) is 23.3 Å². The summed E-state index contributed by atoms with van der Waals surface area (Å²) in [6.07, 6.45) is -8.07. The van der Waals surface area contributed by atoms with Gasteiger partial charge in [0.25, 0.3) is 0 Å². The minimum absolute atomic E-state index is 0.126. The van der Waals surface area contributed by atoms with E-state index in [1.54, 1.807) is 0 Å². The summed E-state index contributed by atoms with van der Waals surface area (Å²) in [6, 6.07) is 9.41. The van der Waals surface area contributed by atoms with E-state index in [0.29, 0.717) is 0 Å². The molecule has 1 heterocycles. The zero-order chi connectivity index (χ0) is 20.4. The van der Waals surface area contributed by atoms with E-state index in [1.807, 2.05) is 0 Å². The van der Waals surface area contributed by atoms with Gasteiger partial charge in [-0.05, 0) is 36.4 Å². The summed E-state index contributed by atoms with van der Waals surface area (Å²) < 4.78 is 87.0. The number of rotatable bonds is 4. The Bertz CT molecular complexity index is 898. The normalized spacial score (nSPS) is 11.9. The average molecular weight is 400 g/mol. The number of hydrogen-bond donors (Lipinski definition) is 0. The van der Waals surface area contributed by atoms with Crippen LogP contribution in [0, 0.1) is 0 Å². The molecule has 0 aliphatic carbocycles. The molecule has 1 aromatic heterocycles. The van der Waals surface area contributed by atoms with Crippen molar-refractivity contribution in [1.82, 2.24) is 9.97 Å². The third kappa shape index (κ3) is 4.90. The SMILES string of the molecule is FC(F)(F)c1cccc(Oc2cc(Oc3cccc(C(F)(F)F)c3)ncn2)c1. The summed E-state index contributed by atoms with van der Waals surface area (Å²) in [5.74, 6) is -0.537. The highest BCUT2D eigenvalue weighted by Gasteiger charge is 2.31. The van der Waals surface area contributed by atoms with Gasteiger partial charge < -0.3 is 9.47 Å². The Labute approximate surface area is 154 Å². The van der Waals surface area contributed by atoms with Gasteiger partial charge in [0.2, 0.25) is 11.8 Å². The molecule has 0 aliphatic rings. The van der Waals surface area contributed by atoms with Gasteiger partial charge in [0.1, 0.15) is 17.8 Å². The number of aromatic nitrogens is 2. The van der Waals surface area contributed by atoms with E-state index in [1.165, 1.54) is 24.3 Å². The molecule has 0 saturated heterocycles. The first-order chi connectivity index (χ1) is 13.1. The molecule has 0 atom stereocenters. The number of alkyl halides is 6. The molecule has 2 aromatic carbocycles. The van der Waals surface area contributed by atoms with Crippen LogP contribution in [0.2, 0.25) is 0 Å². The van der Waals surface area contributed by atoms with E-state index >= 15 is 0 Å². The minimum atomic E-state index is -4.54. The van der Waals surface area contributed by atoms with Crippen molar-refractivity contribution in [3.63, 3.8) is 0 Å². The van der Waals surface area contributed by atoms with Gasteiger partial charge in [0.15, 0.2) is 0 Å². The second-order valence-corrected chi connectivity index (χ2v) is 5.45. The summed E-state index contributed by atoms with van der Waals surface area (Å²) >= 11 is 0. The molecular formula is C18H10F6N2O2. The minimum Gasteiger partial charge on any atom is -0.439 e. The van der Waals surface area contributed by atoms with E-state index < -0.39 is 23.5 Å². The van der Waals surface area contributed by atoms with Crippen molar-refractivity contribution in [2.45, 2.75) is 12.4 Å². The zero-order valence-corrected chi connectivity index (χ0v) is 13.8. The van der Waals surface area contributed by atoms with Crippen LogP contribution in [0.4, 0.5) is 26.3 Å². The lowest BCUT2D eigenvalue weighted by molar-refractivity contribution is -0.138. The van der Waals surface area contributed by atoms with Gasteiger partial charge in [-0.15, -0.1) is 0 Å². The van der Waals surface area contributed by atoms with Crippen LogP contribution in [0.25, 0.3) is 0 Å². The highest BCUT2D eigenvalue weighted by molar-refractivity contribution is 5.36. The number of ether oxygens (including phenoxy) is 2. The Morgan fingerprint density at radius 1 is 0.607 bits per heavy atom. The number of nitrogens with zero attached hydrogens (tertiary/aromatic N) is 2. The van der Waals surface area contributed by atoms with Crippen molar-refractivity contribution >= 4 is 0 Å². The molecule has 3 rings (SSSR count). The smallest absolute Gasteiger partial charge is 0.416 e. The maximum atomic E-state index is 12.7. The van der Waals surface area contributed by atoms with Crippen LogP contribution in [0.3, 0.4) is 0 Å². The fourth-order valence-electron chi connectivity index (χ4n) is 2.15. The van der Waals surface area contributed by atoms with Crippen molar-refractivity contribution in [2.24, 2.45) is 0 Å². The fraction of sp³-hybridized carbons (Fsp3) is 0.111. The Morgan fingerprint density at radius 2 is 1.04 bits per heavy atom. The Morgan fingerprint density at radius 3 is 1.43 bits per heavy atom. The number of hydrogen-bond acceptors (Lipinski definition) is 4. The maximum Gasteiger partial charge on any atom is 0.416 e. The topological polar surface area (TPSA) is 44.2 Å². The third-order valence-electron chi connectivity index (χ3n) is 3.38. The average Bonchev–Trinajstić information content (AvgIpc) is 2.61. The molecule has 0 N–H and O–H groups in total. The van der Waals surface area contributed by atoms with Crippen molar-refractivity contribution in [3.05, 3.63) is 72.1 Å². The molecule has 10 heteroatoms. The highest BCUT2D eigenvalue weighted by Crippen LogP contribution is 2.34. The molecule has 0 unspecified atom stereocenters. The quantitative estimate of drug-likeness (QED) is 0.497. The second kappa shape index (κ2) is 7.37. The molecule has 146 valence electrons. The van der Waals surface area contributed by atoms with Crippen LogP contribution in [-0.2, 0) is 12.4 Å². The second-order valence-electron chi connectivity index (χ2n) is 5.45. The molecular weight excluding hydrogens is 390 g/mol. The standard InChI is InChI=1S/C18H10F6N2O2/c19-17(20,21)11-3-1-5-13(7-11)27-15-9-16(26-10-25-15)28-14-6-2-4-12(8-14)18(22,23)24/h1-10H. The van der Waals surface area contributed by atoms with E-state index in [2.05, 4.69) is 9.97 Å². The number of halogens is 6. The monoisotopic (exact) mass is 400 g/mol. The first-order valence-electron chi connectivity index (χ1n) is 7.63. The van der Waals surface area contributed by atoms with E-state index in [0.717, 1.165) is 36.7 Å². The van der Waals surface area contributed by atoms with Gasteiger partial charge in [0, 0.05) is 0 Å². The van der Waals surface area contributed by atoms with Crippen LogP contribution in [0.15, 0.2) is 60.9 Å². The molecule has 0 fully saturated rings. The van der Waals surface area contributed by atoms with Crippen LogP contribution in [-0.4, -0.2) is 9.97 Å². The van der Waals surface area contributed by atoms with E-state index in [4.69, 9.17) is 9.47 Å². The molecule has 0 bridgehead atoms. The molecule has 0 spiro atoms. The van der Waals surface area contributed by atoms with Gasteiger partial charge in [-0.2, -0.15) is 26.3 Å². The summed E-state index contributed by atoms with van der Waals surface area (Å²) in [4.78, 5) is 7.50. The summed E-state index contributed by atoms with van der Waals surface area (Å²) in [6.45, 7) is 0. The van der Waals surface area contributed by atoms with Gasteiger partial charge >= 0.3 is 12.4 Å². The van der Waals surface area contributed by atoms with E-state index in [9.17, 15) is 26.3 Å². The van der Waals surface area contributed by atoms with Crippen LogP contribution in [0.1, 0.15) is 11.1 Å². The van der Waals surface area contributed by atoms with Crippen molar-refractivity contribution < 1.29 is 35.8 Å². The Kier molecular flexibility index (Phi) is 5.12. The Hall–Kier alpha value is -3.30. The Balaban J connectivity index is 1.78. The van der Waals surface area contributed by atoms with Gasteiger partial charge in [-0.1, -0.05) is 12.1 Å². The highest BCUT2D eigenvalue weighted by atomic mass is 19.4. The maximum absolute atomic E-state index is 12.7. The fourth-order valence-corrected chi connectivity index (χ4v) is 2.15. The number of benzene rings is 2. The van der Waals surface area contributed by atoms with Crippen molar-refractivity contribution in [2.75, 3.05) is 0 Å². The third-order valence-corrected chi connectivity index (χ3v) is 3.38. The molecule has 0 radical (unpaired) electrons. The zero-order valence-electron chi connectivity index (χ0n) is 13.8. The molecule has 3 aromatic rings. The summed E-state index contributed by atoms with van der Waals surface area (Å²) in [5, 5.41) is 0. The van der Waals surface area contributed by atoms with Gasteiger partial charge in [-0.3, -0.25) is 0 Å². The van der Waals surface area contributed by atoms with Gasteiger partial charge in [0.05, 0.1) is 17.2 Å². The lowest BCUT2D eigenvalue weighted by atomic mass is 10.2. The molecule has 0 amide bonds. The molecule has 0 aliphatic heterocycles. The predicted molar refractivity (Wildman–Crippen MR) is 85.1 cm³/mol. The molecule has 4 nitrogen and oxygen atoms in total. The van der Waals surface area contributed by atoms with Crippen LogP contribution in [0.5, 0.6) is 23.3 Å². The van der Waals surface area contributed by atoms with Crippen molar-refractivity contribution in [1.29, 1.82) is 0 Å². The van der Waals surface area contributed by atoms with Crippen LogP contribution >= 0.6 is 0 Å². The lowest BCUT2D eigenvalue weighted by Gasteiger charge is -2.11. The largest absolute Gasteiger partial charge is 0.439 e. The molecule has 0 saturated carbocycles. The van der Waals surface area contributed by atoms with Crippen molar-refractivity contribution in [3.8, 4) is 23.3 Å². The summed E-state index contributed by atoms with van der Waals surface area (Å²) in [5.41, 5.74) is -1.81. The lowest BCUT2D eigenvalue weighted by Crippen LogP contribution is -2.05. The first kappa shape index (κ1) is 19.5. The van der Waals surface area contributed by atoms with Crippen LogP contribution < -0.4 is 9.47 Å². The predicted octanol–water partition coefficient (Wildman–Crippen LogP) is 6.10. The molecule has 28 heavy (non-hydrogen) atoms. The van der Waals surface area contributed by atoms with Gasteiger partial charge in [-0.25, -0.2) is 9.97 Å². The summed E-state index contributed by atoms with van der Waals surface area (Å²) in [7, 11) is 0. The first-order valence-corrected chi connectivity index (χ1v) is 7.63.